The van der Waals surface area contributed by atoms with Crippen LogP contribution >= 0.6 is 11.3 Å². The van der Waals surface area contributed by atoms with E-state index in [1.165, 1.54) is 34.6 Å². The number of alkyl halides is 3. The summed E-state index contributed by atoms with van der Waals surface area (Å²) in [5.74, 6) is -0.0796. The van der Waals surface area contributed by atoms with Crippen molar-refractivity contribution in [1.82, 2.24) is 4.98 Å². The zero-order chi connectivity index (χ0) is 20.6. The minimum absolute atomic E-state index is 0.0564. The first-order chi connectivity index (χ1) is 13.8. The van der Waals surface area contributed by atoms with Gasteiger partial charge in [-0.15, -0.1) is 0 Å². The summed E-state index contributed by atoms with van der Waals surface area (Å²) in [6, 6.07) is 13.5. The Morgan fingerprint density at radius 1 is 1.14 bits per heavy atom. The van der Waals surface area contributed by atoms with Crippen LogP contribution in [0.3, 0.4) is 0 Å². The van der Waals surface area contributed by atoms with Crippen LogP contribution in [0, 0.1) is 6.92 Å². The van der Waals surface area contributed by atoms with Crippen molar-refractivity contribution in [1.29, 1.82) is 0 Å². The van der Waals surface area contributed by atoms with Crippen molar-refractivity contribution in [3.05, 3.63) is 83.3 Å². The molecule has 4 rings (SSSR count). The number of rotatable bonds is 4. The van der Waals surface area contributed by atoms with E-state index in [1.54, 1.807) is 12.1 Å². The zero-order valence-corrected chi connectivity index (χ0v) is 16.1. The molecule has 0 aliphatic rings. The zero-order valence-electron chi connectivity index (χ0n) is 15.2. The fourth-order valence-electron chi connectivity index (χ4n) is 2.90. The first kappa shape index (κ1) is 19.2. The molecule has 0 fully saturated rings. The normalized spacial score (nSPS) is 11.7. The van der Waals surface area contributed by atoms with E-state index >= 15 is 0 Å². The molecule has 4 aromatic rings. The number of nitrogens with zero attached hydrogens (tertiary/aromatic N) is 2. The van der Waals surface area contributed by atoms with Crippen molar-refractivity contribution in [2.24, 2.45) is 0 Å². The van der Waals surface area contributed by atoms with Crippen LogP contribution < -0.4 is 4.90 Å². The topological polar surface area (TPSA) is 46.3 Å². The maximum absolute atomic E-state index is 13.2. The molecule has 8 heteroatoms. The number of hydrogen-bond acceptors (Lipinski definition) is 4. The minimum atomic E-state index is -4.53. The monoisotopic (exact) mass is 416 g/mol. The van der Waals surface area contributed by atoms with Crippen molar-refractivity contribution >= 4 is 32.6 Å². The molecule has 0 saturated heterocycles. The molecule has 148 valence electrons. The molecule has 0 unspecified atom stereocenters. The van der Waals surface area contributed by atoms with E-state index in [0.717, 1.165) is 27.9 Å². The molecule has 0 radical (unpaired) electrons. The number of amides is 1. The fraction of sp³-hybridized carbons (Fsp3) is 0.143. The van der Waals surface area contributed by atoms with Crippen LogP contribution in [-0.4, -0.2) is 10.9 Å². The Morgan fingerprint density at radius 3 is 2.69 bits per heavy atom. The van der Waals surface area contributed by atoms with Crippen LogP contribution in [0.2, 0.25) is 0 Å². The predicted octanol–water partition coefficient (Wildman–Crippen LogP) is 6.06. The van der Waals surface area contributed by atoms with Crippen LogP contribution in [0.25, 0.3) is 10.2 Å². The molecule has 0 aliphatic carbocycles. The Bertz CT molecular complexity index is 1170. The number of carbonyl (C=O) groups excluding carboxylic acids is 1. The number of benzene rings is 2. The molecule has 2 aromatic heterocycles. The molecule has 0 saturated carbocycles. The highest BCUT2D eigenvalue weighted by Gasteiger charge is 2.32. The van der Waals surface area contributed by atoms with Crippen LogP contribution in [0.15, 0.2) is 65.3 Å². The third-order valence-corrected chi connectivity index (χ3v) is 5.38. The molecular formula is C21H15F3N2O2S. The summed E-state index contributed by atoms with van der Waals surface area (Å²) in [5.41, 5.74) is 0.828. The number of furan rings is 1. The van der Waals surface area contributed by atoms with Crippen molar-refractivity contribution in [2.75, 3.05) is 4.90 Å². The molecule has 4 nitrogen and oxygen atoms in total. The van der Waals surface area contributed by atoms with E-state index < -0.39 is 17.6 Å². The molecular weight excluding hydrogens is 401 g/mol. The summed E-state index contributed by atoms with van der Waals surface area (Å²) in [5, 5.41) is 0.393. The van der Waals surface area contributed by atoms with E-state index in [0.29, 0.717) is 10.9 Å². The fourth-order valence-corrected chi connectivity index (χ4v) is 3.97. The van der Waals surface area contributed by atoms with Gasteiger partial charge in [0.25, 0.3) is 5.91 Å². The molecule has 2 aromatic carbocycles. The first-order valence-electron chi connectivity index (χ1n) is 8.70. The van der Waals surface area contributed by atoms with Crippen LogP contribution in [0.5, 0.6) is 0 Å². The van der Waals surface area contributed by atoms with Crippen molar-refractivity contribution in [3.8, 4) is 0 Å². The lowest BCUT2D eigenvalue weighted by molar-refractivity contribution is -0.137. The van der Waals surface area contributed by atoms with E-state index in [-0.39, 0.29) is 12.1 Å². The van der Waals surface area contributed by atoms with Crippen LogP contribution in [0.4, 0.5) is 18.3 Å². The van der Waals surface area contributed by atoms with E-state index in [9.17, 15) is 18.0 Å². The van der Waals surface area contributed by atoms with Crippen molar-refractivity contribution in [2.45, 2.75) is 19.6 Å². The molecule has 1 amide bonds. The van der Waals surface area contributed by atoms with Gasteiger partial charge >= 0.3 is 6.18 Å². The lowest BCUT2D eigenvalue weighted by atomic mass is 10.1. The van der Waals surface area contributed by atoms with Gasteiger partial charge in [0.05, 0.1) is 28.6 Å². The van der Waals surface area contributed by atoms with Gasteiger partial charge in [-0.1, -0.05) is 23.5 Å². The number of aromatic nitrogens is 1. The van der Waals surface area contributed by atoms with Gasteiger partial charge < -0.3 is 4.42 Å². The van der Waals surface area contributed by atoms with Crippen LogP contribution in [-0.2, 0) is 12.7 Å². The second-order valence-electron chi connectivity index (χ2n) is 6.52. The molecule has 0 spiro atoms. The van der Waals surface area contributed by atoms with Crippen LogP contribution in [0.1, 0.15) is 27.2 Å². The van der Waals surface area contributed by atoms with Gasteiger partial charge in [0, 0.05) is 5.56 Å². The number of aryl methyl sites for hydroxylation is 1. The van der Waals surface area contributed by atoms with E-state index in [2.05, 4.69) is 4.98 Å². The predicted molar refractivity (Wildman–Crippen MR) is 105 cm³/mol. The third-order valence-electron chi connectivity index (χ3n) is 4.34. The first-order valence-corrected chi connectivity index (χ1v) is 9.51. The minimum Gasteiger partial charge on any atom is -0.467 e. The smallest absolute Gasteiger partial charge is 0.416 e. The highest BCUT2D eigenvalue weighted by Crippen LogP contribution is 2.33. The summed E-state index contributed by atoms with van der Waals surface area (Å²) in [7, 11) is 0. The maximum atomic E-state index is 13.2. The summed E-state index contributed by atoms with van der Waals surface area (Å²) in [4.78, 5) is 19.0. The molecule has 0 atom stereocenters. The number of hydrogen-bond donors (Lipinski definition) is 0. The summed E-state index contributed by atoms with van der Waals surface area (Å²) < 4.78 is 45.5. The quantitative estimate of drug-likeness (QED) is 0.406. The Hall–Kier alpha value is -3.13. The summed E-state index contributed by atoms with van der Waals surface area (Å²) >= 11 is 1.30. The van der Waals surface area contributed by atoms with E-state index in [4.69, 9.17) is 4.42 Å². The third kappa shape index (κ3) is 4.02. The average molecular weight is 416 g/mol. The second-order valence-corrected chi connectivity index (χ2v) is 7.53. The second kappa shape index (κ2) is 7.36. The summed E-state index contributed by atoms with van der Waals surface area (Å²) in [6.45, 7) is 2.01. The Morgan fingerprint density at radius 2 is 1.97 bits per heavy atom. The lowest BCUT2D eigenvalue weighted by Gasteiger charge is -2.19. The Balaban J connectivity index is 1.76. The van der Waals surface area contributed by atoms with E-state index in [1.807, 2.05) is 25.1 Å². The van der Waals surface area contributed by atoms with Gasteiger partial charge in [-0.2, -0.15) is 13.2 Å². The van der Waals surface area contributed by atoms with Gasteiger partial charge in [-0.05, 0) is 55.0 Å². The number of halogens is 3. The van der Waals surface area contributed by atoms with Gasteiger partial charge in [0.2, 0.25) is 0 Å². The maximum Gasteiger partial charge on any atom is 0.416 e. The number of thiazole rings is 1. The Kier molecular flexibility index (Phi) is 4.87. The number of fused-ring (bicyclic) bond motifs is 1. The largest absolute Gasteiger partial charge is 0.467 e. The van der Waals surface area contributed by atoms with Gasteiger partial charge in [-0.3, -0.25) is 9.69 Å². The standard InChI is InChI=1S/C21H15F3N2O2S/c1-13-7-8-17-18(10-13)29-20(25-17)26(12-16-6-3-9-28-16)19(27)14-4-2-5-15(11-14)21(22,23)24/h2-11H,12H2,1H3. The Labute approximate surface area is 168 Å². The molecule has 2 heterocycles. The van der Waals surface area contributed by atoms with Gasteiger partial charge in [-0.25, -0.2) is 4.98 Å². The lowest BCUT2D eigenvalue weighted by Crippen LogP contribution is -2.30. The molecule has 29 heavy (non-hydrogen) atoms. The highest BCUT2D eigenvalue weighted by atomic mass is 32.1. The number of anilines is 1. The van der Waals surface area contributed by atoms with Crippen molar-refractivity contribution < 1.29 is 22.4 Å². The van der Waals surface area contributed by atoms with Gasteiger partial charge in [0.15, 0.2) is 5.13 Å². The summed E-state index contributed by atoms with van der Waals surface area (Å²) in [6.07, 6.45) is -3.06. The molecule has 0 aliphatic heterocycles. The van der Waals surface area contributed by atoms with Gasteiger partial charge in [0.1, 0.15) is 5.76 Å². The highest BCUT2D eigenvalue weighted by molar-refractivity contribution is 7.22. The SMILES string of the molecule is Cc1ccc2nc(N(Cc3ccco3)C(=O)c3cccc(C(F)(F)F)c3)sc2c1. The van der Waals surface area contributed by atoms with Crippen molar-refractivity contribution in [3.63, 3.8) is 0 Å². The average Bonchev–Trinajstić information content (AvgIpc) is 3.34. The number of carbonyl (C=O) groups is 1. The molecule has 0 N–H and O–H groups in total. The molecule has 0 bridgehead atoms.